The van der Waals surface area contributed by atoms with Gasteiger partial charge in [0.05, 0.1) is 6.33 Å². The van der Waals surface area contributed by atoms with E-state index in [2.05, 4.69) is 21.1 Å². The Morgan fingerprint density at radius 2 is 2.31 bits per heavy atom. The molecule has 4 nitrogen and oxygen atoms in total. The van der Waals surface area contributed by atoms with Crippen LogP contribution in [0.1, 0.15) is 0 Å². The van der Waals surface area contributed by atoms with E-state index in [0.29, 0.717) is 5.82 Å². The molecule has 63 valence electrons. The summed E-state index contributed by atoms with van der Waals surface area (Å²) in [6.07, 6.45) is 7.69. The third kappa shape index (κ3) is 2.31. The van der Waals surface area contributed by atoms with E-state index in [1.165, 1.54) is 0 Å². The smallest absolute Gasteiger partial charge is 0.359 e. The molecule has 0 aliphatic carbocycles. The Morgan fingerprint density at radius 3 is 2.92 bits per heavy atom. The molecular weight excluding hydrogens is 227 g/mol. The quantitative estimate of drug-likeness (QED) is 0.545. The molecule has 1 radical (unpaired) electrons. The summed E-state index contributed by atoms with van der Waals surface area (Å²) < 4.78 is 1.73. The van der Waals surface area contributed by atoms with Crippen molar-refractivity contribution in [1.29, 1.82) is 0 Å². The summed E-state index contributed by atoms with van der Waals surface area (Å²) in [5, 5.41) is 0.182. The molecule has 0 amide bonds. The number of halogens is 1. The molecule has 6 heteroatoms. The van der Waals surface area contributed by atoms with Crippen LogP contribution in [-0.2, 0) is 18.6 Å². The zero-order valence-corrected chi connectivity index (χ0v) is 8.58. The van der Waals surface area contributed by atoms with Crippen LogP contribution in [-0.4, -0.2) is 19.5 Å². The number of rotatable bonds is 1. The van der Waals surface area contributed by atoms with Crippen molar-refractivity contribution in [2.45, 2.75) is 0 Å². The van der Waals surface area contributed by atoms with Crippen molar-refractivity contribution in [2.24, 2.45) is 0 Å². The molecule has 0 unspecified atom stereocenters. The van der Waals surface area contributed by atoms with E-state index in [1.807, 2.05) is 0 Å². The molecule has 13 heavy (non-hydrogen) atoms. The second-order valence-corrected chi connectivity index (χ2v) is 2.43. The largest absolute Gasteiger partial charge is 2.00 e. The first-order chi connectivity index (χ1) is 5.86. The Bertz CT molecular complexity index is 376. The minimum atomic E-state index is 0. The van der Waals surface area contributed by atoms with Gasteiger partial charge in [0.1, 0.15) is 5.28 Å². The third-order valence-corrected chi connectivity index (χ3v) is 1.50. The van der Waals surface area contributed by atoms with Gasteiger partial charge in [-0.1, -0.05) is 6.20 Å². The molecule has 2 aromatic heterocycles. The Balaban J connectivity index is 0.000000845. The van der Waals surface area contributed by atoms with Crippen LogP contribution >= 0.6 is 11.6 Å². The summed E-state index contributed by atoms with van der Waals surface area (Å²) in [5.74, 6) is 0.660. The first kappa shape index (κ1) is 10.2. The van der Waals surface area contributed by atoms with Crippen molar-refractivity contribution < 1.29 is 18.6 Å². The molecule has 2 aromatic rings. The molecule has 2 rings (SSSR count). The fourth-order valence-corrected chi connectivity index (χ4v) is 0.957. The van der Waals surface area contributed by atoms with Gasteiger partial charge in [-0.05, 0) is 0 Å². The van der Waals surface area contributed by atoms with Gasteiger partial charge in [0, 0.05) is 18.2 Å². The van der Waals surface area contributed by atoms with Crippen LogP contribution < -0.4 is 0 Å². The van der Waals surface area contributed by atoms with E-state index < -0.39 is 0 Å². The van der Waals surface area contributed by atoms with Gasteiger partial charge >= 0.3 is 18.6 Å². The van der Waals surface area contributed by atoms with E-state index in [1.54, 1.807) is 29.4 Å². The molecule has 0 aromatic carbocycles. The van der Waals surface area contributed by atoms with Gasteiger partial charge in [0.2, 0.25) is 0 Å². The minimum absolute atomic E-state index is 0. The van der Waals surface area contributed by atoms with Crippen molar-refractivity contribution in [3.05, 3.63) is 36.3 Å². The van der Waals surface area contributed by atoms with Crippen LogP contribution in [0, 0.1) is 6.20 Å². The first-order valence-corrected chi connectivity index (χ1v) is 3.63. The Kier molecular flexibility index (Phi) is 3.48. The van der Waals surface area contributed by atoms with E-state index in [0.717, 1.165) is 0 Å². The van der Waals surface area contributed by atoms with Gasteiger partial charge in [0.15, 0.2) is 0 Å². The molecule has 0 fully saturated rings. The van der Waals surface area contributed by atoms with Crippen molar-refractivity contribution in [3.63, 3.8) is 0 Å². The SMILES string of the molecule is Clc1n[c-]cc(-n2ccnc2)n1.[V+2]. The topological polar surface area (TPSA) is 43.6 Å². The second kappa shape index (κ2) is 4.41. The molecule has 0 spiro atoms. The molecule has 2 heterocycles. The van der Waals surface area contributed by atoms with Gasteiger partial charge in [-0.25, -0.2) is 4.98 Å². The summed E-state index contributed by atoms with van der Waals surface area (Å²) in [4.78, 5) is 11.5. The van der Waals surface area contributed by atoms with Gasteiger partial charge in [0.25, 0.3) is 0 Å². The minimum Gasteiger partial charge on any atom is -0.359 e. The van der Waals surface area contributed by atoms with Crippen LogP contribution in [0.25, 0.3) is 5.82 Å². The molecule has 0 N–H and O–H groups in total. The van der Waals surface area contributed by atoms with Crippen LogP contribution in [0.15, 0.2) is 24.8 Å². The number of nitrogens with zero attached hydrogens (tertiary/aromatic N) is 4. The first-order valence-electron chi connectivity index (χ1n) is 3.25. The second-order valence-electron chi connectivity index (χ2n) is 2.09. The average Bonchev–Trinajstić information content (AvgIpc) is 2.56. The molecule has 0 bridgehead atoms. The summed E-state index contributed by atoms with van der Waals surface area (Å²) in [6.45, 7) is 0. The van der Waals surface area contributed by atoms with E-state index in [4.69, 9.17) is 11.6 Å². The molecule has 0 saturated carbocycles. The third-order valence-electron chi connectivity index (χ3n) is 1.33. The van der Waals surface area contributed by atoms with Gasteiger partial charge in [-0.15, -0.1) is 17.7 Å². The van der Waals surface area contributed by atoms with Crippen molar-refractivity contribution in [1.82, 2.24) is 19.5 Å². The number of hydrogen-bond acceptors (Lipinski definition) is 3. The summed E-state index contributed by atoms with van der Waals surface area (Å²) >= 11 is 5.57. The van der Waals surface area contributed by atoms with Crippen molar-refractivity contribution in [2.75, 3.05) is 0 Å². The Labute approximate surface area is 91.9 Å². The van der Waals surface area contributed by atoms with Gasteiger partial charge < -0.3 is 14.5 Å². The zero-order valence-electron chi connectivity index (χ0n) is 6.42. The van der Waals surface area contributed by atoms with Crippen LogP contribution in [0.5, 0.6) is 0 Å². The molecule has 0 aliphatic rings. The standard InChI is InChI=1S/C7H4ClN4.V/c8-7-10-2-1-6(11-7)12-4-3-9-5-12;/h1,3-5H;/q-1;+2. The number of aromatic nitrogens is 4. The van der Waals surface area contributed by atoms with Crippen LogP contribution in [0.3, 0.4) is 0 Å². The van der Waals surface area contributed by atoms with Gasteiger partial charge in [-0.2, -0.15) is 0 Å². The van der Waals surface area contributed by atoms with Crippen LogP contribution in [0.2, 0.25) is 5.28 Å². The summed E-state index contributed by atoms with van der Waals surface area (Å²) in [5.41, 5.74) is 0. The van der Waals surface area contributed by atoms with E-state index in [-0.39, 0.29) is 23.8 Å². The fraction of sp³-hybridized carbons (Fsp3) is 0. The number of hydrogen-bond donors (Lipinski definition) is 0. The molecule has 0 atom stereocenters. The predicted octanol–water partition coefficient (Wildman–Crippen LogP) is 1.11. The Hall–Kier alpha value is -0.836. The zero-order chi connectivity index (χ0) is 8.39. The maximum atomic E-state index is 5.57. The monoisotopic (exact) mass is 230 g/mol. The number of imidazole rings is 1. The normalized spacial score (nSPS) is 9.31. The maximum absolute atomic E-state index is 5.57. The average molecular weight is 231 g/mol. The summed E-state index contributed by atoms with van der Waals surface area (Å²) in [6, 6.07) is 1.63. The maximum Gasteiger partial charge on any atom is 2.00 e. The van der Waals surface area contributed by atoms with Crippen molar-refractivity contribution in [3.8, 4) is 5.82 Å². The fourth-order valence-electron chi connectivity index (χ4n) is 0.822. The predicted molar refractivity (Wildman–Crippen MR) is 43.0 cm³/mol. The van der Waals surface area contributed by atoms with Crippen LogP contribution in [0.4, 0.5) is 0 Å². The van der Waals surface area contributed by atoms with E-state index in [9.17, 15) is 0 Å². The van der Waals surface area contributed by atoms with Gasteiger partial charge in [-0.3, -0.25) is 0 Å². The molecular formula is C7H4ClN4V+. The molecule has 0 aliphatic heterocycles. The Morgan fingerprint density at radius 1 is 1.46 bits per heavy atom. The molecule has 0 saturated heterocycles. The van der Waals surface area contributed by atoms with E-state index >= 15 is 0 Å². The summed E-state index contributed by atoms with van der Waals surface area (Å²) in [7, 11) is 0. The van der Waals surface area contributed by atoms with Crippen molar-refractivity contribution >= 4 is 11.6 Å².